The van der Waals surface area contributed by atoms with Crippen LogP contribution in [0, 0.1) is 25.6 Å². The summed E-state index contributed by atoms with van der Waals surface area (Å²) in [5.74, 6) is 0. The van der Waals surface area contributed by atoms with Gasteiger partial charge in [0.1, 0.15) is 4.38 Å². The van der Waals surface area contributed by atoms with Gasteiger partial charge in [-0.15, -0.1) is 0 Å². The summed E-state index contributed by atoms with van der Waals surface area (Å²) in [4.78, 5) is 44.4. The highest BCUT2D eigenvalue weighted by Gasteiger charge is 2.21. The van der Waals surface area contributed by atoms with Gasteiger partial charge in [0.05, 0.1) is 19.9 Å². The summed E-state index contributed by atoms with van der Waals surface area (Å²) < 4.78 is -0.390. The molecular formula is C15H7Cl2N3O6S2. The average molecular weight is 460 g/mol. The molecule has 0 amide bonds. The fraction of sp³-hybridized carbons (Fsp3) is 0. The second kappa shape index (κ2) is 9.15. The number of hydrogen-bond donors (Lipinski definition) is 1. The summed E-state index contributed by atoms with van der Waals surface area (Å²) in [5, 5.41) is 27.5. The fourth-order valence-corrected chi connectivity index (χ4v) is 4.03. The molecule has 0 saturated carbocycles. The van der Waals surface area contributed by atoms with Crippen molar-refractivity contribution in [1.29, 1.82) is 5.41 Å². The average Bonchev–Trinajstić information content (AvgIpc) is 2.60. The monoisotopic (exact) mass is 459 g/mol. The second-order valence-corrected chi connectivity index (χ2v) is 7.95. The predicted molar refractivity (Wildman–Crippen MR) is 108 cm³/mol. The van der Waals surface area contributed by atoms with Crippen LogP contribution in [-0.4, -0.2) is 24.5 Å². The Morgan fingerprint density at radius 2 is 1.18 bits per heavy atom. The van der Waals surface area contributed by atoms with E-state index in [-0.39, 0.29) is 36.9 Å². The van der Waals surface area contributed by atoms with Crippen molar-refractivity contribution in [2.45, 2.75) is 0 Å². The lowest BCUT2D eigenvalue weighted by Crippen LogP contribution is -2.03. The van der Waals surface area contributed by atoms with Crippen LogP contribution in [0.15, 0.2) is 36.4 Å². The highest BCUT2D eigenvalue weighted by molar-refractivity contribution is 8.49. The van der Waals surface area contributed by atoms with E-state index in [1.165, 1.54) is 0 Å². The SMILES string of the molecule is N=C(SC(=O)c1ccc([N+](=O)[O-])cc1Cl)SC(=O)c1ccc([N+](=O)[O-])cc1Cl. The lowest BCUT2D eigenvalue weighted by Gasteiger charge is -2.05. The molecular weight excluding hydrogens is 453 g/mol. The normalized spacial score (nSPS) is 10.4. The Hall–Kier alpha value is -2.47. The Bertz CT molecular complexity index is 951. The van der Waals surface area contributed by atoms with E-state index in [1.807, 2.05) is 0 Å². The van der Waals surface area contributed by atoms with E-state index in [9.17, 15) is 29.8 Å². The molecule has 144 valence electrons. The number of nitro groups is 2. The number of hydrogen-bond acceptors (Lipinski definition) is 9. The van der Waals surface area contributed by atoms with Crippen molar-refractivity contribution in [3.8, 4) is 0 Å². The minimum Gasteiger partial charge on any atom is -0.287 e. The number of carbonyl (C=O) groups is 2. The highest BCUT2D eigenvalue weighted by Crippen LogP contribution is 2.31. The summed E-state index contributed by atoms with van der Waals surface area (Å²) >= 11 is 12.5. The molecule has 0 aliphatic carbocycles. The molecule has 13 heteroatoms. The Morgan fingerprint density at radius 1 is 0.821 bits per heavy atom. The van der Waals surface area contributed by atoms with Gasteiger partial charge >= 0.3 is 0 Å². The van der Waals surface area contributed by atoms with Gasteiger partial charge in [-0.3, -0.25) is 35.2 Å². The van der Waals surface area contributed by atoms with Crippen molar-refractivity contribution in [1.82, 2.24) is 0 Å². The fourth-order valence-electron chi connectivity index (χ4n) is 1.87. The molecule has 0 atom stereocenters. The second-order valence-electron chi connectivity index (χ2n) is 4.91. The van der Waals surface area contributed by atoms with Gasteiger partial charge in [0.25, 0.3) is 11.4 Å². The van der Waals surface area contributed by atoms with Gasteiger partial charge in [-0.25, -0.2) is 0 Å². The van der Waals surface area contributed by atoms with Crippen LogP contribution in [-0.2, 0) is 0 Å². The van der Waals surface area contributed by atoms with Crippen LogP contribution < -0.4 is 0 Å². The van der Waals surface area contributed by atoms with Crippen LogP contribution in [0.1, 0.15) is 20.7 Å². The maximum atomic E-state index is 12.2. The summed E-state index contributed by atoms with van der Waals surface area (Å²) in [6.07, 6.45) is 0. The molecule has 28 heavy (non-hydrogen) atoms. The van der Waals surface area contributed by atoms with Crippen molar-refractivity contribution in [2.24, 2.45) is 0 Å². The van der Waals surface area contributed by atoms with Crippen LogP contribution in [0.25, 0.3) is 0 Å². The van der Waals surface area contributed by atoms with E-state index in [2.05, 4.69) is 0 Å². The molecule has 0 aliphatic rings. The summed E-state index contributed by atoms with van der Waals surface area (Å²) in [6, 6.07) is 6.52. The number of rotatable bonds is 4. The van der Waals surface area contributed by atoms with E-state index in [1.54, 1.807) is 0 Å². The molecule has 0 saturated heterocycles. The quantitative estimate of drug-likeness (QED) is 0.284. The molecule has 9 nitrogen and oxygen atoms in total. The maximum Gasteiger partial charge on any atom is 0.270 e. The molecule has 0 fully saturated rings. The number of halogens is 2. The van der Waals surface area contributed by atoms with Crippen molar-refractivity contribution in [3.05, 3.63) is 77.8 Å². The van der Waals surface area contributed by atoms with Crippen LogP contribution in [0.2, 0.25) is 10.0 Å². The highest BCUT2D eigenvalue weighted by atomic mass is 35.5. The Balaban J connectivity index is 2.07. The van der Waals surface area contributed by atoms with Gasteiger partial charge in [-0.05, 0) is 35.7 Å². The summed E-state index contributed by atoms with van der Waals surface area (Å²) in [5.41, 5.74) is -0.690. The van der Waals surface area contributed by atoms with Crippen molar-refractivity contribution >= 4 is 72.7 Å². The van der Waals surface area contributed by atoms with Gasteiger partial charge in [0, 0.05) is 35.4 Å². The van der Waals surface area contributed by atoms with Gasteiger partial charge in [0.2, 0.25) is 10.2 Å². The van der Waals surface area contributed by atoms with Crippen LogP contribution in [0.4, 0.5) is 11.4 Å². The Morgan fingerprint density at radius 3 is 1.46 bits per heavy atom. The molecule has 0 spiro atoms. The zero-order valence-electron chi connectivity index (χ0n) is 13.4. The van der Waals surface area contributed by atoms with Crippen molar-refractivity contribution in [3.63, 3.8) is 0 Å². The lowest BCUT2D eigenvalue weighted by atomic mass is 10.2. The molecule has 0 unspecified atom stereocenters. The molecule has 0 heterocycles. The van der Waals surface area contributed by atoms with Crippen LogP contribution >= 0.6 is 46.7 Å². The molecule has 2 rings (SSSR count). The zero-order valence-corrected chi connectivity index (χ0v) is 16.5. The molecule has 0 aliphatic heterocycles. The van der Waals surface area contributed by atoms with Crippen LogP contribution in [0.5, 0.6) is 0 Å². The van der Waals surface area contributed by atoms with E-state index in [4.69, 9.17) is 28.6 Å². The van der Waals surface area contributed by atoms with Crippen molar-refractivity contribution < 1.29 is 19.4 Å². The minimum atomic E-state index is -0.681. The number of nitrogens with zero attached hydrogens (tertiary/aromatic N) is 2. The molecule has 2 aromatic rings. The van der Waals surface area contributed by atoms with E-state index in [0.717, 1.165) is 36.4 Å². The molecule has 2 aromatic carbocycles. The van der Waals surface area contributed by atoms with Gasteiger partial charge in [-0.2, -0.15) is 0 Å². The van der Waals surface area contributed by atoms with Gasteiger partial charge < -0.3 is 0 Å². The van der Waals surface area contributed by atoms with Gasteiger partial charge in [0.15, 0.2) is 0 Å². The molecule has 1 N–H and O–H groups in total. The Labute approximate surface area is 175 Å². The third-order valence-electron chi connectivity index (χ3n) is 3.14. The third-order valence-corrected chi connectivity index (χ3v) is 5.44. The largest absolute Gasteiger partial charge is 0.287 e. The summed E-state index contributed by atoms with van der Waals surface area (Å²) in [7, 11) is 0. The third kappa shape index (κ3) is 5.29. The van der Waals surface area contributed by atoms with Gasteiger partial charge in [-0.1, -0.05) is 23.2 Å². The number of nitrogens with one attached hydrogen (secondary N) is 1. The maximum absolute atomic E-state index is 12.2. The standard InChI is InChI=1S/C15H7Cl2N3O6S2/c16-11-5-7(19(23)24)1-3-9(11)13(21)27-15(18)28-14(22)10-4-2-8(20(25)26)6-12(10)17/h1-6,18H. The summed E-state index contributed by atoms with van der Waals surface area (Å²) in [6.45, 7) is 0. The van der Waals surface area contributed by atoms with Crippen molar-refractivity contribution in [2.75, 3.05) is 0 Å². The molecule has 0 bridgehead atoms. The first-order valence-corrected chi connectivity index (χ1v) is 9.40. The van der Waals surface area contributed by atoms with E-state index < -0.39 is 20.1 Å². The zero-order chi connectivity index (χ0) is 21.0. The first kappa shape index (κ1) is 21.8. The predicted octanol–water partition coefficient (Wildman–Crippen LogP) is 5.19. The smallest absolute Gasteiger partial charge is 0.270 e. The number of benzene rings is 2. The first-order chi connectivity index (χ1) is 13.1. The number of non-ortho nitro benzene ring substituents is 2. The lowest BCUT2D eigenvalue weighted by molar-refractivity contribution is -0.385. The molecule has 0 aromatic heterocycles. The first-order valence-electron chi connectivity index (χ1n) is 7.01. The Kier molecular flexibility index (Phi) is 7.13. The van der Waals surface area contributed by atoms with E-state index >= 15 is 0 Å². The number of carbonyl (C=O) groups excluding carboxylic acids is 2. The topological polar surface area (TPSA) is 144 Å². The minimum absolute atomic E-state index is 0.0524. The molecule has 0 radical (unpaired) electrons. The number of nitro benzene ring substituents is 2. The van der Waals surface area contributed by atoms with Crippen LogP contribution in [0.3, 0.4) is 0 Å². The van der Waals surface area contributed by atoms with E-state index in [0.29, 0.717) is 23.5 Å². The number of thioether (sulfide) groups is 2.